The van der Waals surface area contributed by atoms with Crippen LogP contribution in [0.2, 0.25) is 0 Å². The van der Waals surface area contributed by atoms with Gasteiger partial charge in [0.15, 0.2) is 0 Å². The Morgan fingerprint density at radius 2 is 2.06 bits per heavy atom. The van der Waals surface area contributed by atoms with E-state index in [9.17, 15) is 0 Å². The number of hydrogen-bond acceptors (Lipinski definition) is 4. The van der Waals surface area contributed by atoms with Crippen LogP contribution in [0.15, 0.2) is 6.07 Å². The van der Waals surface area contributed by atoms with Crippen LogP contribution in [0.1, 0.15) is 44.9 Å². The first kappa shape index (κ1) is 12.1. The van der Waals surface area contributed by atoms with Gasteiger partial charge in [0.25, 0.3) is 0 Å². The predicted molar refractivity (Wildman–Crippen MR) is 68.5 cm³/mol. The highest BCUT2D eigenvalue weighted by molar-refractivity contribution is 5.39. The molecule has 1 aromatic rings. The maximum atomic E-state index is 5.20. The van der Waals surface area contributed by atoms with E-state index in [1.165, 1.54) is 32.1 Å². The van der Waals surface area contributed by atoms with Crippen molar-refractivity contribution in [3.63, 3.8) is 0 Å². The summed E-state index contributed by atoms with van der Waals surface area (Å²) in [6, 6.07) is 2.45. The third kappa shape index (κ3) is 3.32. The van der Waals surface area contributed by atoms with Crippen LogP contribution in [-0.2, 0) is 6.42 Å². The van der Waals surface area contributed by atoms with E-state index in [0.29, 0.717) is 11.9 Å². The molecular weight excluding hydrogens is 214 g/mol. The minimum Gasteiger partial charge on any atom is -0.481 e. The normalized spacial score (nSPS) is 16.8. The Hall–Kier alpha value is -1.32. The van der Waals surface area contributed by atoms with E-state index in [1.807, 2.05) is 6.07 Å². The lowest BCUT2D eigenvalue weighted by atomic mass is 9.95. The van der Waals surface area contributed by atoms with Gasteiger partial charge in [0.1, 0.15) is 11.6 Å². The lowest BCUT2D eigenvalue weighted by Gasteiger charge is -2.23. The highest BCUT2D eigenvalue weighted by atomic mass is 16.5. The molecule has 1 heterocycles. The molecule has 0 radical (unpaired) electrons. The summed E-state index contributed by atoms with van der Waals surface area (Å²) >= 11 is 0. The van der Waals surface area contributed by atoms with Crippen LogP contribution >= 0.6 is 0 Å². The summed E-state index contributed by atoms with van der Waals surface area (Å²) in [5, 5.41) is 3.50. The number of aryl methyl sites for hydroxylation is 1. The SMILES string of the molecule is CCc1nc(NC2CCCCC2)cc(OC)n1. The van der Waals surface area contributed by atoms with E-state index in [1.54, 1.807) is 7.11 Å². The zero-order valence-corrected chi connectivity index (χ0v) is 10.7. The lowest BCUT2D eigenvalue weighted by molar-refractivity contribution is 0.394. The van der Waals surface area contributed by atoms with Crippen LogP contribution in [0, 0.1) is 0 Å². The van der Waals surface area contributed by atoms with Crippen molar-refractivity contribution in [2.45, 2.75) is 51.5 Å². The second-order valence-electron chi connectivity index (χ2n) is 4.54. The first-order valence-electron chi connectivity index (χ1n) is 6.50. The molecule has 1 aliphatic carbocycles. The Morgan fingerprint density at radius 1 is 1.29 bits per heavy atom. The Balaban J connectivity index is 2.07. The summed E-state index contributed by atoms with van der Waals surface area (Å²) < 4.78 is 5.20. The molecule has 0 unspecified atom stereocenters. The van der Waals surface area contributed by atoms with Gasteiger partial charge in [-0.15, -0.1) is 0 Å². The number of nitrogens with zero attached hydrogens (tertiary/aromatic N) is 2. The minimum atomic E-state index is 0.563. The number of ether oxygens (including phenoxy) is 1. The fourth-order valence-corrected chi connectivity index (χ4v) is 2.27. The third-order valence-corrected chi connectivity index (χ3v) is 3.23. The smallest absolute Gasteiger partial charge is 0.218 e. The Bertz CT molecular complexity index is 339. The number of nitrogens with one attached hydrogen (secondary N) is 1. The van der Waals surface area contributed by atoms with Crippen molar-refractivity contribution >= 4 is 5.82 Å². The van der Waals surface area contributed by atoms with Gasteiger partial charge in [-0.05, 0) is 12.8 Å². The van der Waals surface area contributed by atoms with Crippen molar-refractivity contribution in [3.8, 4) is 5.88 Å². The Labute approximate surface area is 103 Å². The number of anilines is 1. The fourth-order valence-electron chi connectivity index (χ4n) is 2.27. The van der Waals surface area contributed by atoms with Crippen LogP contribution in [0.25, 0.3) is 0 Å². The molecule has 0 aromatic carbocycles. The summed E-state index contributed by atoms with van der Waals surface area (Å²) in [6.07, 6.45) is 7.32. The van der Waals surface area contributed by atoms with Crippen molar-refractivity contribution < 1.29 is 4.74 Å². The van der Waals surface area contributed by atoms with Gasteiger partial charge in [-0.3, -0.25) is 0 Å². The first-order chi connectivity index (χ1) is 8.31. The van der Waals surface area contributed by atoms with Gasteiger partial charge in [0.2, 0.25) is 5.88 Å². The quantitative estimate of drug-likeness (QED) is 0.871. The molecule has 0 bridgehead atoms. The maximum absolute atomic E-state index is 5.20. The highest BCUT2D eigenvalue weighted by Crippen LogP contribution is 2.22. The van der Waals surface area contributed by atoms with E-state index in [-0.39, 0.29) is 0 Å². The average Bonchev–Trinajstić information content (AvgIpc) is 2.39. The second-order valence-corrected chi connectivity index (χ2v) is 4.54. The summed E-state index contributed by atoms with van der Waals surface area (Å²) in [4.78, 5) is 8.78. The average molecular weight is 235 g/mol. The van der Waals surface area contributed by atoms with Crippen LogP contribution < -0.4 is 10.1 Å². The summed E-state index contributed by atoms with van der Waals surface area (Å²) in [7, 11) is 1.65. The second kappa shape index (κ2) is 5.84. The molecule has 17 heavy (non-hydrogen) atoms. The van der Waals surface area contributed by atoms with Gasteiger partial charge in [-0.25, -0.2) is 4.98 Å². The molecule has 1 saturated carbocycles. The van der Waals surface area contributed by atoms with Crippen molar-refractivity contribution in [3.05, 3.63) is 11.9 Å². The molecule has 94 valence electrons. The summed E-state index contributed by atoms with van der Waals surface area (Å²) in [6.45, 7) is 2.05. The topological polar surface area (TPSA) is 47.0 Å². The van der Waals surface area contributed by atoms with Gasteiger partial charge in [0, 0.05) is 18.5 Å². The molecular formula is C13H21N3O. The van der Waals surface area contributed by atoms with E-state index in [0.717, 1.165) is 18.1 Å². The number of hydrogen-bond donors (Lipinski definition) is 1. The number of aromatic nitrogens is 2. The van der Waals surface area contributed by atoms with E-state index in [4.69, 9.17) is 4.74 Å². The van der Waals surface area contributed by atoms with Crippen LogP contribution in [-0.4, -0.2) is 23.1 Å². The van der Waals surface area contributed by atoms with Gasteiger partial charge in [0.05, 0.1) is 7.11 Å². The predicted octanol–water partition coefficient (Wildman–Crippen LogP) is 2.79. The molecule has 1 aliphatic rings. The zero-order valence-electron chi connectivity index (χ0n) is 10.7. The first-order valence-corrected chi connectivity index (χ1v) is 6.50. The van der Waals surface area contributed by atoms with Crippen molar-refractivity contribution in [2.75, 3.05) is 12.4 Å². The maximum Gasteiger partial charge on any atom is 0.218 e. The van der Waals surface area contributed by atoms with Crippen LogP contribution in [0.4, 0.5) is 5.82 Å². The van der Waals surface area contributed by atoms with Crippen molar-refractivity contribution in [2.24, 2.45) is 0 Å². The zero-order chi connectivity index (χ0) is 12.1. The van der Waals surface area contributed by atoms with Gasteiger partial charge in [-0.1, -0.05) is 26.2 Å². The summed E-state index contributed by atoms with van der Waals surface area (Å²) in [5.74, 6) is 2.39. The lowest BCUT2D eigenvalue weighted by Crippen LogP contribution is -2.23. The monoisotopic (exact) mass is 235 g/mol. The molecule has 0 aliphatic heterocycles. The van der Waals surface area contributed by atoms with Crippen LogP contribution in [0.3, 0.4) is 0 Å². The highest BCUT2D eigenvalue weighted by Gasteiger charge is 2.14. The molecule has 4 nitrogen and oxygen atoms in total. The molecule has 0 amide bonds. The molecule has 1 N–H and O–H groups in total. The van der Waals surface area contributed by atoms with E-state index in [2.05, 4.69) is 22.2 Å². The number of methoxy groups -OCH3 is 1. The van der Waals surface area contributed by atoms with Gasteiger partial charge in [-0.2, -0.15) is 4.98 Å². The largest absolute Gasteiger partial charge is 0.481 e. The molecule has 2 rings (SSSR count). The minimum absolute atomic E-state index is 0.563. The summed E-state index contributed by atoms with van der Waals surface area (Å²) in [5.41, 5.74) is 0. The van der Waals surface area contributed by atoms with Crippen molar-refractivity contribution in [1.82, 2.24) is 9.97 Å². The van der Waals surface area contributed by atoms with Gasteiger partial charge < -0.3 is 10.1 Å². The molecule has 0 atom stereocenters. The standard InChI is InChI=1S/C13H21N3O/c1-3-11-15-12(9-13(16-11)17-2)14-10-7-5-4-6-8-10/h9-10H,3-8H2,1-2H3,(H,14,15,16). The Morgan fingerprint density at radius 3 is 2.71 bits per heavy atom. The molecule has 1 fully saturated rings. The number of rotatable bonds is 4. The molecule has 1 aromatic heterocycles. The molecule has 0 saturated heterocycles. The Kier molecular flexibility index (Phi) is 4.18. The van der Waals surface area contributed by atoms with Crippen LogP contribution in [0.5, 0.6) is 5.88 Å². The van der Waals surface area contributed by atoms with E-state index < -0.39 is 0 Å². The molecule has 4 heteroatoms. The van der Waals surface area contributed by atoms with Gasteiger partial charge >= 0.3 is 0 Å². The molecule has 0 spiro atoms. The fraction of sp³-hybridized carbons (Fsp3) is 0.692. The third-order valence-electron chi connectivity index (χ3n) is 3.23. The van der Waals surface area contributed by atoms with Crippen molar-refractivity contribution in [1.29, 1.82) is 0 Å². The van der Waals surface area contributed by atoms with E-state index >= 15 is 0 Å².